The van der Waals surface area contributed by atoms with Gasteiger partial charge in [0.1, 0.15) is 5.82 Å². The maximum absolute atomic E-state index is 8.88. The molecule has 48 heavy (non-hydrogen) atoms. The summed E-state index contributed by atoms with van der Waals surface area (Å²) in [5.74, 6) is 1.43. The van der Waals surface area contributed by atoms with Gasteiger partial charge < -0.3 is 18.9 Å². The van der Waals surface area contributed by atoms with Crippen molar-refractivity contribution >= 4 is 21.8 Å². The Hall–Kier alpha value is -4.54. The van der Waals surface area contributed by atoms with Crippen LogP contribution in [0.15, 0.2) is 104 Å². The van der Waals surface area contributed by atoms with Crippen LogP contribution < -0.4 is 9.30 Å². The van der Waals surface area contributed by atoms with E-state index in [2.05, 4.69) is 34.5 Å². The molecule has 7 rings (SSSR count). The number of rotatable bonds is 7. The summed E-state index contributed by atoms with van der Waals surface area (Å²) in [6, 6.07) is 29.6. The van der Waals surface area contributed by atoms with E-state index in [4.69, 9.17) is 10.2 Å². The zero-order valence-corrected chi connectivity index (χ0v) is 30.0. The van der Waals surface area contributed by atoms with Crippen molar-refractivity contribution in [2.24, 2.45) is 10.8 Å². The minimum atomic E-state index is -1.59. The first-order valence-electron chi connectivity index (χ1n) is 17.7. The summed E-state index contributed by atoms with van der Waals surface area (Å²) in [5, 5.41) is 1.99. The van der Waals surface area contributed by atoms with Crippen molar-refractivity contribution in [1.82, 2.24) is 19.1 Å². The Morgan fingerprint density at radius 1 is 0.812 bits per heavy atom. The van der Waals surface area contributed by atoms with Crippen LogP contribution in [0, 0.1) is 29.3 Å². The second-order valence-electron chi connectivity index (χ2n) is 13.7. The van der Waals surface area contributed by atoms with E-state index in [0.29, 0.717) is 34.1 Å². The molecule has 0 aliphatic heterocycles. The standard InChI is InChI=1S/C41H39N5O.Pt/c1-40(2,3)24-29-10-9-11-31(20-29)44-18-19-45(28-44)32-22-34(27-42-26-32)47-33-14-15-36-35-12-7-8-13-37(35)46(38(36)23-33)39-21-30(16-17-43-39)25-41(4,5)6;/h7-21,26-27H,24-25H2,1-6H3;/q-2;/i24D2,25D2;. The third-order valence-corrected chi connectivity index (χ3v) is 7.39. The molecule has 0 aliphatic carbocycles. The molecule has 0 N–H and O–H groups in total. The summed E-state index contributed by atoms with van der Waals surface area (Å²) in [5.41, 5.74) is 3.03. The van der Waals surface area contributed by atoms with Crippen molar-refractivity contribution in [1.29, 1.82) is 0 Å². The van der Waals surface area contributed by atoms with Crippen molar-refractivity contribution in [3.8, 4) is 28.7 Å². The van der Waals surface area contributed by atoms with Crippen LogP contribution in [-0.4, -0.2) is 19.1 Å². The minimum Gasteiger partial charge on any atom is -0.508 e. The van der Waals surface area contributed by atoms with Gasteiger partial charge in [0.05, 0.1) is 5.69 Å². The predicted octanol–water partition coefficient (Wildman–Crippen LogP) is 9.01. The maximum atomic E-state index is 8.88. The van der Waals surface area contributed by atoms with E-state index in [9.17, 15) is 0 Å². The topological polar surface area (TPSA) is 48.8 Å². The van der Waals surface area contributed by atoms with Gasteiger partial charge in [-0.3, -0.25) is 4.57 Å². The number of imidazole rings is 1. The molecule has 0 bridgehead atoms. The van der Waals surface area contributed by atoms with E-state index < -0.39 is 23.6 Å². The van der Waals surface area contributed by atoms with Gasteiger partial charge in [0.25, 0.3) is 6.33 Å². The molecule has 6 nitrogen and oxygen atoms in total. The molecule has 0 saturated heterocycles. The van der Waals surface area contributed by atoms with Crippen LogP contribution in [0.4, 0.5) is 0 Å². The molecular weight excluding hydrogens is 774 g/mol. The van der Waals surface area contributed by atoms with Crippen LogP contribution >= 0.6 is 0 Å². The number of ether oxygens (including phenoxy) is 1. The summed E-state index contributed by atoms with van der Waals surface area (Å²) in [6.07, 6.45) is 8.78. The Balaban J connectivity index is 0.00000464. The van der Waals surface area contributed by atoms with Crippen molar-refractivity contribution in [3.05, 3.63) is 133 Å². The van der Waals surface area contributed by atoms with Gasteiger partial charge >= 0.3 is 0 Å². The molecular formula is C41H39N5OPt-2. The first kappa shape index (κ1) is 28.5. The Labute approximate surface area is 303 Å². The quantitative estimate of drug-likeness (QED) is 0.119. The fraction of sp³-hybridized carbons (Fsp3) is 0.244. The van der Waals surface area contributed by atoms with Crippen LogP contribution in [0.5, 0.6) is 11.5 Å². The molecule has 0 atom stereocenters. The minimum absolute atomic E-state index is 0. The Kier molecular flexibility index (Phi) is 7.81. The van der Waals surface area contributed by atoms with Gasteiger partial charge in [-0.15, -0.1) is 23.6 Å². The van der Waals surface area contributed by atoms with E-state index in [1.54, 1.807) is 33.8 Å². The molecule has 4 aromatic heterocycles. The SMILES string of the molecule is [2H]C([2H])(c1cccc(-[n+]2[c-]n(-c3[c-]c(Oc4[c-]c5c(cc4)c4ccccc4n5-c4cc(C([2H])([2H])C(C)(C)C)ccn4)cnc3)cc2)c1)C(C)(C)C.[Pt]. The molecule has 0 aliphatic rings. The number of pyridine rings is 2. The molecule has 0 spiro atoms. The monoisotopic (exact) mass is 816 g/mol. The number of hydrogen-bond acceptors (Lipinski definition) is 3. The molecule has 0 amide bonds. The zero-order valence-electron chi connectivity index (χ0n) is 31.8. The van der Waals surface area contributed by atoms with Crippen molar-refractivity contribution < 1.29 is 35.9 Å². The van der Waals surface area contributed by atoms with Crippen molar-refractivity contribution in [3.63, 3.8) is 0 Å². The summed E-state index contributed by atoms with van der Waals surface area (Å²) < 4.78 is 47.0. The van der Waals surface area contributed by atoms with Crippen molar-refractivity contribution in [2.75, 3.05) is 0 Å². The second kappa shape index (κ2) is 13.2. The fourth-order valence-electron chi connectivity index (χ4n) is 5.64. The summed E-state index contributed by atoms with van der Waals surface area (Å²) >= 11 is 0. The number of benzene rings is 3. The Bertz CT molecular complexity index is 2410. The maximum Gasteiger partial charge on any atom is 0.267 e. The number of hydrogen-bond donors (Lipinski definition) is 0. The molecule has 0 saturated carbocycles. The van der Waals surface area contributed by atoms with Crippen LogP contribution in [0.1, 0.15) is 58.2 Å². The number of fused-ring (bicyclic) bond motifs is 3. The first-order chi connectivity index (χ1) is 24.0. The van der Waals surface area contributed by atoms with E-state index in [0.717, 1.165) is 27.5 Å². The van der Waals surface area contributed by atoms with Crippen LogP contribution in [0.25, 0.3) is 39.0 Å². The van der Waals surface area contributed by atoms with Gasteiger partial charge in [-0.1, -0.05) is 89.2 Å². The van der Waals surface area contributed by atoms with E-state index >= 15 is 0 Å². The van der Waals surface area contributed by atoms with Crippen molar-refractivity contribution in [2.45, 2.75) is 54.3 Å². The Morgan fingerprint density at radius 3 is 2.38 bits per heavy atom. The number of aromatic nitrogens is 5. The van der Waals surface area contributed by atoms with Gasteiger partial charge in [-0.25, -0.2) is 4.98 Å². The second-order valence-corrected chi connectivity index (χ2v) is 13.7. The molecule has 0 unspecified atom stereocenters. The summed E-state index contributed by atoms with van der Waals surface area (Å²) in [4.78, 5) is 9.09. The van der Waals surface area contributed by atoms with Gasteiger partial charge in [-0.2, -0.15) is 6.07 Å². The molecule has 246 valence electrons. The van der Waals surface area contributed by atoms with Crippen LogP contribution in [-0.2, 0) is 33.8 Å². The smallest absolute Gasteiger partial charge is 0.267 e. The zero-order chi connectivity index (χ0) is 36.3. The molecule has 7 aromatic rings. The number of para-hydroxylation sites is 1. The van der Waals surface area contributed by atoms with Gasteiger partial charge in [0.2, 0.25) is 0 Å². The third-order valence-electron chi connectivity index (χ3n) is 7.39. The van der Waals surface area contributed by atoms with E-state index in [1.165, 1.54) is 0 Å². The fourth-order valence-corrected chi connectivity index (χ4v) is 5.64. The van der Waals surface area contributed by atoms with E-state index in [1.807, 2.05) is 119 Å². The van der Waals surface area contributed by atoms with Crippen LogP contribution in [0.2, 0.25) is 0 Å². The van der Waals surface area contributed by atoms with Gasteiger partial charge in [-0.05, 0) is 76.7 Å². The van der Waals surface area contributed by atoms with Crippen LogP contribution in [0.3, 0.4) is 0 Å². The number of nitrogens with zero attached hydrogens (tertiary/aromatic N) is 5. The average molecular weight is 817 g/mol. The summed E-state index contributed by atoms with van der Waals surface area (Å²) in [6.45, 7) is 11.4. The van der Waals surface area contributed by atoms with Gasteiger partial charge in [0.15, 0.2) is 0 Å². The average Bonchev–Trinajstić information content (AvgIpc) is 3.71. The molecule has 0 radical (unpaired) electrons. The van der Waals surface area contributed by atoms with E-state index in [-0.39, 0.29) is 21.1 Å². The largest absolute Gasteiger partial charge is 0.508 e. The third kappa shape index (κ3) is 7.29. The van der Waals surface area contributed by atoms with Gasteiger partial charge in [0, 0.05) is 62.2 Å². The molecule has 3 aromatic carbocycles. The first-order valence-corrected chi connectivity index (χ1v) is 15.7. The predicted molar refractivity (Wildman–Crippen MR) is 187 cm³/mol. The molecule has 4 heterocycles. The molecule has 0 fully saturated rings. The Morgan fingerprint density at radius 2 is 1.58 bits per heavy atom. The molecule has 7 heteroatoms. The normalized spacial score (nSPS) is 13.8. The summed E-state index contributed by atoms with van der Waals surface area (Å²) in [7, 11) is 0.